The number of hydrogen-bond acceptors (Lipinski definition) is 7. The fraction of sp³-hybridized carbons (Fsp3) is 0.821. The van der Waals surface area contributed by atoms with E-state index in [1.165, 1.54) is 19.9 Å². The molecule has 4 N–H and O–H groups in total. The average molecular weight is 764 g/mol. The number of nitrogens with one attached hydrogen (secondary N) is 4. The molecule has 4 aliphatic carbocycles. The number of hydrogen-bond donors (Lipinski definition) is 4. The minimum Gasteiger partial charge on any atom is -0.346 e. The lowest BCUT2D eigenvalue weighted by atomic mass is 9.70. The fourth-order valence-corrected chi connectivity index (χ4v) is 11.0. The minimum atomic E-state index is -3.95. The number of amides is 5. The van der Waals surface area contributed by atoms with Gasteiger partial charge in [0.15, 0.2) is 9.84 Å². The van der Waals surface area contributed by atoms with E-state index in [0.29, 0.717) is 51.5 Å². The molecule has 14 heteroatoms. The van der Waals surface area contributed by atoms with E-state index in [0.717, 1.165) is 38.5 Å². The van der Waals surface area contributed by atoms with Crippen molar-refractivity contribution in [3.05, 3.63) is 12.7 Å². The number of nitrogens with zero attached hydrogens (tertiary/aromatic N) is 1. The number of carbonyl (C=O) groups excluding carboxylic acids is 5. The molecule has 0 bridgehead atoms. The zero-order chi connectivity index (χ0) is 39.0. The number of alkyl halides is 1. The quantitative estimate of drug-likeness (QED) is 0.135. The summed E-state index contributed by atoms with van der Waals surface area (Å²) in [6.45, 7) is 11.8. The van der Waals surface area contributed by atoms with E-state index in [-0.39, 0.29) is 35.6 Å². The van der Waals surface area contributed by atoms with Crippen molar-refractivity contribution in [1.29, 1.82) is 0 Å². The molecular formula is C39H62FN5O7S. The molecule has 5 amide bonds. The van der Waals surface area contributed by atoms with Gasteiger partial charge in [0, 0.05) is 13.1 Å². The molecule has 1 aliphatic heterocycles. The van der Waals surface area contributed by atoms with E-state index in [2.05, 4.69) is 41.7 Å². The third-order valence-corrected chi connectivity index (χ3v) is 16.0. The molecule has 0 aromatic rings. The van der Waals surface area contributed by atoms with E-state index in [9.17, 15) is 36.8 Å². The Kier molecular flexibility index (Phi) is 12.1. The highest BCUT2D eigenvalue weighted by atomic mass is 32.2. The number of urea groups is 1. The first-order valence-electron chi connectivity index (χ1n) is 19.7. The van der Waals surface area contributed by atoms with Crippen LogP contribution in [0.5, 0.6) is 0 Å². The van der Waals surface area contributed by atoms with Crippen LogP contribution < -0.4 is 21.3 Å². The van der Waals surface area contributed by atoms with Crippen LogP contribution in [0.15, 0.2) is 12.7 Å². The normalized spacial score (nSPS) is 27.0. The van der Waals surface area contributed by atoms with Crippen molar-refractivity contribution in [3.8, 4) is 0 Å². The number of halogens is 1. The maximum absolute atomic E-state index is 14.9. The predicted octanol–water partition coefficient (Wildman–Crippen LogP) is 4.13. The highest BCUT2D eigenvalue weighted by Crippen LogP contribution is 2.65. The predicted molar refractivity (Wildman–Crippen MR) is 200 cm³/mol. The third-order valence-electron chi connectivity index (χ3n) is 13.3. The van der Waals surface area contributed by atoms with E-state index in [4.69, 9.17) is 0 Å². The number of carbonyl (C=O) groups is 5. The fourth-order valence-electron chi connectivity index (χ4n) is 9.33. The van der Waals surface area contributed by atoms with E-state index in [1.807, 2.05) is 6.92 Å². The van der Waals surface area contributed by atoms with Crippen molar-refractivity contribution in [2.24, 2.45) is 28.6 Å². The SMILES string of the molecule is C=CCNC(=O)C(=O)[C@H](CC1CC1)NC(=O)[C@@H]1[C@@H]2[C@H](CN1C(=O)[C@@H](NC(=O)NC1(CS(=O)(=O)C(C)(C)CF)CCCCC1)C1(C)CCCCC1)C2(C)C. The first-order valence-corrected chi connectivity index (χ1v) is 21.4. The van der Waals surface area contributed by atoms with Gasteiger partial charge in [-0.05, 0) is 74.5 Å². The monoisotopic (exact) mass is 763 g/mol. The zero-order valence-electron chi connectivity index (χ0n) is 32.4. The van der Waals surface area contributed by atoms with Crippen LogP contribution in [0.2, 0.25) is 0 Å². The maximum atomic E-state index is 14.9. The first kappa shape index (κ1) is 41.1. The van der Waals surface area contributed by atoms with Crippen LogP contribution in [-0.4, -0.2) is 96.8 Å². The second-order valence-corrected chi connectivity index (χ2v) is 20.9. The van der Waals surface area contributed by atoms with Crippen molar-refractivity contribution in [3.63, 3.8) is 0 Å². The summed E-state index contributed by atoms with van der Waals surface area (Å²) in [5.41, 5.74) is -1.97. The molecule has 5 fully saturated rings. The van der Waals surface area contributed by atoms with Crippen LogP contribution in [0.25, 0.3) is 0 Å². The zero-order valence-corrected chi connectivity index (χ0v) is 33.2. The lowest BCUT2D eigenvalue weighted by Crippen LogP contribution is -2.65. The molecular weight excluding hydrogens is 702 g/mol. The van der Waals surface area contributed by atoms with Gasteiger partial charge in [-0.15, -0.1) is 6.58 Å². The van der Waals surface area contributed by atoms with Crippen LogP contribution >= 0.6 is 0 Å². The van der Waals surface area contributed by atoms with E-state index in [1.54, 1.807) is 4.90 Å². The highest BCUT2D eigenvalue weighted by Gasteiger charge is 2.70. The van der Waals surface area contributed by atoms with Crippen LogP contribution in [-0.2, 0) is 29.0 Å². The Morgan fingerprint density at radius 3 is 2.11 bits per heavy atom. The molecule has 0 spiro atoms. The topological polar surface area (TPSA) is 171 Å². The van der Waals surface area contributed by atoms with Crippen molar-refractivity contribution in [2.45, 2.75) is 147 Å². The number of rotatable bonds is 16. The Bertz CT molecular complexity index is 1550. The average Bonchev–Trinajstić information content (AvgIpc) is 3.96. The van der Waals surface area contributed by atoms with Crippen molar-refractivity contribution >= 4 is 39.4 Å². The summed E-state index contributed by atoms with van der Waals surface area (Å²) in [6.07, 6.45) is 10.8. The summed E-state index contributed by atoms with van der Waals surface area (Å²) in [5.74, 6) is -2.69. The molecule has 5 aliphatic rings. The number of piperidine rings is 1. The van der Waals surface area contributed by atoms with E-state index >= 15 is 0 Å². The molecule has 4 saturated carbocycles. The van der Waals surface area contributed by atoms with Crippen LogP contribution in [0, 0.1) is 28.6 Å². The summed E-state index contributed by atoms with van der Waals surface area (Å²) in [5, 5.41) is 11.4. The Balaban J connectivity index is 1.40. The van der Waals surface area contributed by atoms with Gasteiger partial charge in [-0.25, -0.2) is 17.6 Å². The second kappa shape index (κ2) is 15.6. The number of likely N-dealkylation sites (tertiary alicyclic amines) is 1. The van der Waals surface area contributed by atoms with Gasteiger partial charge in [-0.1, -0.05) is 78.2 Å². The third kappa shape index (κ3) is 8.77. The van der Waals surface area contributed by atoms with Gasteiger partial charge in [0.05, 0.1) is 22.1 Å². The standard InChI is InChI=1S/C39H62FN5O7S/c1-7-20-41-33(48)30(46)27(21-25-14-15-25)42-32(47)29-28-26(37(28,4)5)22-45(29)34(49)31(38(6)16-10-8-11-17-38)43-35(50)44-39(18-12-9-13-19-39)24-53(51,52)36(2,3)23-40/h7,25-29,31H,1,8-24H2,2-6H3,(H,41,48)(H,42,47)(H2,43,44,50)/t26-,27-,28-,29-,31+/m0/s1. The molecule has 53 heavy (non-hydrogen) atoms. The number of sulfone groups is 1. The van der Waals surface area contributed by atoms with Gasteiger partial charge in [0.1, 0.15) is 18.8 Å². The molecule has 0 unspecified atom stereocenters. The first-order chi connectivity index (χ1) is 24.8. The summed E-state index contributed by atoms with van der Waals surface area (Å²) in [7, 11) is -3.95. The maximum Gasteiger partial charge on any atom is 0.315 e. The Labute approximate surface area is 314 Å². The smallest absolute Gasteiger partial charge is 0.315 e. The Morgan fingerprint density at radius 1 is 0.943 bits per heavy atom. The Morgan fingerprint density at radius 2 is 1.55 bits per heavy atom. The van der Waals surface area contributed by atoms with Crippen LogP contribution in [0.3, 0.4) is 0 Å². The molecule has 1 heterocycles. The number of Topliss-reactive ketones (excluding diaryl/α,β-unsaturated/α-hetero) is 1. The van der Waals surface area contributed by atoms with Gasteiger partial charge in [0.25, 0.3) is 5.91 Å². The lowest BCUT2D eigenvalue weighted by molar-refractivity contribution is -0.146. The lowest BCUT2D eigenvalue weighted by Gasteiger charge is -2.44. The summed E-state index contributed by atoms with van der Waals surface area (Å²) in [6, 6.07) is -3.59. The van der Waals surface area contributed by atoms with Crippen molar-refractivity contribution in [2.75, 3.05) is 25.5 Å². The van der Waals surface area contributed by atoms with Gasteiger partial charge >= 0.3 is 6.03 Å². The molecule has 298 valence electrons. The molecule has 1 saturated heterocycles. The van der Waals surface area contributed by atoms with Crippen LogP contribution in [0.4, 0.5) is 9.18 Å². The summed E-state index contributed by atoms with van der Waals surface area (Å²) < 4.78 is 39.2. The van der Waals surface area contributed by atoms with Crippen molar-refractivity contribution < 1.29 is 36.8 Å². The van der Waals surface area contributed by atoms with Gasteiger partial charge in [-0.2, -0.15) is 0 Å². The molecule has 0 aromatic heterocycles. The van der Waals surface area contributed by atoms with E-state index < -0.39 is 79.7 Å². The minimum absolute atomic E-state index is 0.0406. The summed E-state index contributed by atoms with van der Waals surface area (Å²) in [4.78, 5) is 70.8. The Hall–Kier alpha value is -3.03. The number of ketones is 1. The largest absolute Gasteiger partial charge is 0.346 e. The second-order valence-electron chi connectivity index (χ2n) is 18.2. The molecule has 5 atom stereocenters. The van der Waals surface area contributed by atoms with Gasteiger partial charge in [-0.3, -0.25) is 19.2 Å². The molecule has 12 nitrogen and oxygen atoms in total. The van der Waals surface area contributed by atoms with Gasteiger partial charge < -0.3 is 26.2 Å². The van der Waals surface area contributed by atoms with Crippen molar-refractivity contribution in [1.82, 2.24) is 26.2 Å². The van der Waals surface area contributed by atoms with Gasteiger partial charge in [0.2, 0.25) is 17.6 Å². The highest BCUT2D eigenvalue weighted by molar-refractivity contribution is 7.92. The number of fused-ring (bicyclic) bond motifs is 1. The molecule has 0 radical (unpaired) electrons. The molecule has 0 aromatic carbocycles. The molecule has 5 rings (SSSR count). The van der Waals surface area contributed by atoms with Crippen LogP contribution in [0.1, 0.15) is 118 Å². The summed E-state index contributed by atoms with van der Waals surface area (Å²) >= 11 is 0.